The standard InChI is InChI=1S/C16H13NO2/c18-15(12-7-3-1-4-8-12)14-11-17-16(19-14)13-9-5-2-6-10-13/h1-10,14H,11H2. The van der Waals surface area contributed by atoms with Gasteiger partial charge in [-0.1, -0.05) is 48.5 Å². The Bertz CT molecular complexity index is 605. The molecule has 0 spiro atoms. The van der Waals surface area contributed by atoms with Gasteiger partial charge in [-0.2, -0.15) is 0 Å². The van der Waals surface area contributed by atoms with Crippen molar-refractivity contribution in [2.45, 2.75) is 6.10 Å². The van der Waals surface area contributed by atoms with Crippen LogP contribution in [0.4, 0.5) is 0 Å². The summed E-state index contributed by atoms with van der Waals surface area (Å²) in [6, 6.07) is 18.8. The molecule has 1 heterocycles. The van der Waals surface area contributed by atoms with E-state index in [1.165, 1.54) is 0 Å². The van der Waals surface area contributed by atoms with Crippen LogP contribution in [0.3, 0.4) is 0 Å². The molecule has 0 radical (unpaired) electrons. The Morgan fingerprint density at radius 3 is 2.32 bits per heavy atom. The summed E-state index contributed by atoms with van der Waals surface area (Å²) in [5, 5.41) is 0. The van der Waals surface area contributed by atoms with E-state index in [9.17, 15) is 4.79 Å². The zero-order valence-corrected chi connectivity index (χ0v) is 10.3. The molecule has 0 amide bonds. The van der Waals surface area contributed by atoms with E-state index in [-0.39, 0.29) is 5.78 Å². The topological polar surface area (TPSA) is 38.7 Å². The maximum Gasteiger partial charge on any atom is 0.217 e. The molecule has 0 bridgehead atoms. The molecule has 3 nitrogen and oxygen atoms in total. The van der Waals surface area contributed by atoms with Crippen molar-refractivity contribution in [3.05, 3.63) is 71.8 Å². The van der Waals surface area contributed by atoms with Crippen LogP contribution < -0.4 is 0 Å². The van der Waals surface area contributed by atoms with Crippen LogP contribution in [-0.4, -0.2) is 24.3 Å². The lowest BCUT2D eigenvalue weighted by Gasteiger charge is -2.10. The van der Waals surface area contributed by atoms with E-state index in [4.69, 9.17) is 4.74 Å². The molecule has 1 unspecified atom stereocenters. The van der Waals surface area contributed by atoms with Gasteiger partial charge in [0, 0.05) is 11.1 Å². The van der Waals surface area contributed by atoms with Gasteiger partial charge in [0.15, 0.2) is 6.10 Å². The van der Waals surface area contributed by atoms with E-state index in [1.807, 2.05) is 48.5 Å². The molecule has 0 fully saturated rings. The molecule has 0 aliphatic carbocycles. The van der Waals surface area contributed by atoms with E-state index in [1.54, 1.807) is 12.1 Å². The minimum absolute atomic E-state index is 0.0183. The van der Waals surface area contributed by atoms with Gasteiger partial charge >= 0.3 is 0 Å². The van der Waals surface area contributed by atoms with Crippen molar-refractivity contribution in [3.8, 4) is 0 Å². The predicted octanol–water partition coefficient (Wildman–Crippen LogP) is 2.71. The van der Waals surface area contributed by atoms with Crippen molar-refractivity contribution in [3.63, 3.8) is 0 Å². The van der Waals surface area contributed by atoms with Gasteiger partial charge in [-0.25, -0.2) is 4.99 Å². The van der Waals surface area contributed by atoms with Crippen LogP contribution in [-0.2, 0) is 4.74 Å². The highest BCUT2D eigenvalue weighted by molar-refractivity contribution is 6.04. The number of hydrogen-bond acceptors (Lipinski definition) is 3. The van der Waals surface area contributed by atoms with Gasteiger partial charge in [0.25, 0.3) is 0 Å². The van der Waals surface area contributed by atoms with Gasteiger partial charge in [0.2, 0.25) is 11.7 Å². The SMILES string of the molecule is O=C(c1ccccc1)C1CN=C(c2ccccc2)O1. The van der Waals surface area contributed by atoms with Gasteiger partial charge in [-0.3, -0.25) is 4.79 Å². The average molecular weight is 251 g/mol. The third-order valence-electron chi connectivity index (χ3n) is 3.03. The summed E-state index contributed by atoms with van der Waals surface area (Å²) in [6.07, 6.45) is -0.502. The van der Waals surface area contributed by atoms with Crippen LogP contribution in [0.15, 0.2) is 65.7 Å². The second kappa shape index (κ2) is 5.06. The molecule has 3 heteroatoms. The Morgan fingerprint density at radius 1 is 1.00 bits per heavy atom. The number of carbonyl (C=O) groups excluding carboxylic acids is 1. The molecular formula is C16H13NO2. The Labute approximate surface area is 111 Å². The number of Topliss-reactive ketones (excluding diaryl/α,β-unsaturated/α-hetero) is 1. The number of benzene rings is 2. The van der Waals surface area contributed by atoms with Crippen LogP contribution in [0.25, 0.3) is 0 Å². The maximum atomic E-state index is 12.2. The van der Waals surface area contributed by atoms with E-state index < -0.39 is 6.10 Å². The van der Waals surface area contributed by atoms with Crippen LogP contribution in [0.5, 0.6) is 0 Å². The molecule has 0 N–H and O–H groups in total. The lowest BCUT2D eigenvalue weighted by molar-refractivity contribution is 0.0817. The molecular weight excluding hydrogens is 238 g/mol. The van der Waals surface area contributed by atoms with Crippen LogP contribution >= 0.6 is 0 Å². The Kier molecular flexibility index (Phi) is 3.11. The molecule has 19 heavy (non-hydrogen) atoms. The largest absolute Gasteiger partial charge is 0.464 e. The summed E-state index contributed by atoms with van der Waals surface area (Å²) < 4.78 is 5.66. The first kappa shape index (κ1) is 11.7. The highest BCUT2D eigenvalue weighted by Gasteiger charge is 2.28. The van der Waals surface area contributed by atoms with Crippen molar-refractivity contribution >= 4 is 11.7 Å². The van der Waals surface area contributed by atoms with Gasteiger partial charge in [0.05, 0.1) is 6.54 Å². The van der Waals surface area contributed by atoms with Crippen molar-refractivity contribution in [2.24, 2.45) is 4.99 Å². The molecule has 0 saturated heterocycles. The zero-order chi connectivity index (χ0) is 13.1. The third-order valence-corrected chi connectivity index (χ3v) is 3.03. The Morgan fingerprint density at radius 2 is 1.63 bits per heavy atom. The second-order valence-corrected chi connectivity index (χ2v) is 4.35. The van der Waals surface area contributed by atoms with Crippen molar-refractivity contribution < 1.29 is 9.53 Å². The monoisotopic (exact) mass is 251 g/mol. The number of rotatable bonds is 3. The van der Waals surface area contributed by atoms with Crippen molar-refractivity contribution in [2.75, 3.05) is 6.54 Å². The van der Waals surface area contributed by atoms with E-state index in [0.29, 0.717) is 18.0 Å². The fourth-order valence-electron chi connectivity index (χ4n) is 2.04. The number of ether oxygens (including phenoxy) is 1. The van der Waals surface area contributed by atoms with E-state index >= 15 is 0 Å². The maximum absolute atomic E-state index is 12.2. The molecule has 1 aliphatic heterocycles. The summed E-state index contributed by atoms with van der Waals surface area (Å²) in [5.74, 6) is 0.533. The van der Waals surface area contributed by atoms with Crippen molar-refractivity contribution in [1.29, 1.82) is 0 Å². The molecule has 1 aliphatic rings. The Hall–Kier alpha value is -2.42. The fourth-order valence-corrected chi connectivity index (χ4v) is 2.04. The first-order valence-electron chi connectivity index (χ1n) is 6.20. The van der Waals surface area contributed by atoms with E-state index in [0.717, 1.165) is 5.56 Å². The number of ketones is 1. The first-order chi connectivity index (χ1) is 9.34. The molecule has 1 atom stereocenters. The molecule has 3 rings (SSSR count). The summed E-state index contributed by atoms with van der Waals surface area (Å²) in [7, 11) is 0. The molecule has 0 saturated carbocycles. The van der Waals surface area contributed by atoms with Gasteiger partial charge in [-0.15, -0.1) is 0 Å². The van der Waals surface area contributed by atoms with Gasteiger partial charge in [0.1, 0.15) is 0 Å². The normalized spacial score (nSPS) is 17.7. The Balaban J connectivity index is 1.73. The zero-order valence-electron chi connectivity index (χ0n) is 10.3. The summed E-state index contributed by atoms with van der Waals surface area (Å²) in [5.41, 5.74) is 1.57. The van der Waals surface area contributed by atoms with Gasteiger partial charge in [-0.05, 0) is 12.1 Å². The van der Waals surface area contributed by atoms with Crippen LogP contribution in [0, 0.1) is 0 Å². The summed E-state index contributed by atoms with van der Waals surface area (Å²) >= 11 is 0. The quantitative estimate of drug-likeness (QED) is 0.787. The molecule has 0 aromatic heterocycles. The van der Waals surface area contributed by atoms with Crippen molar-refractivity contribution in [1.82, 2.24) is 0 Å². The van der Waals surface area contributed by atoms with Gasteiger partial charge < -0.3 is 4.74 Å². The minimum Gasteiger partial charge on any atom is -0.464 e. The first-order valence-corrected chi connectivity index (χ1v) is 6.20. The smallest absolute Gasteiger partial charge is 0.217 e. The van der Waals surface area contributed by atoms with Crippen LogP contribution in [0.2, 0.25) is 0 Å². The van der Waals surface area contributed by atoms with E-state index in [2.05, 4.69) is 4.99 Å². The number of hydrogen-bond donors (Lipinski definition) is 0. The summed E-state index contributed by atoms with van der Waals surface area (Å²) in [4.78, 5) is 16.5. The lowest BCUT2D eigenvalue weighted by atomic mass is 10.1. The van der Waals surface area contributed by atoms with Crippen LogP contribution in [0.1, 0.15) is 15.9 Å². The highest BCUT2D eigenvalue weighted by atomic mass is 16.5. The molecule has 2 aromatic carbocycles. The highest BCUT2D eigenvalue weighted by Crippen LogP contribution is 2.16. The average Bonchev–Trinajstić information content (AvgIpc) is 2.98. The number of aliphatic imine (C=N–C) groups is 1. The number of carbonyl (C=O) groups is 1. The predicted molar refractivity (Wildman–Crippen MR) is 73.5 cm³/mol. The summed E-state index contributed by atoms with van der Waals surface area (Å²) in [6.45, 7) is 0.387. The third kappa shape index (κ3) is 2.40. The second-order valence-electron chi connectivity index (χ2n) is 4.35. The fraction of sp³-hybridized carbons (Fsp3) is 0.125. The minimum atomic E-state index is -0.502. The number of nitrogens with zero attached hydrogens (tertiary/aromatic N) is 1. The molecule has 2 aromatic rings. The lowest BCUT2D eigenvalue weighted by Crippen LogP contribution is -2.24. The molecule has 94 valence electrons.